The number of nitrogens with one attached hydrogen (secondary N) is 1. The molecule has 1 aromatic carbocycles. The molecule has 3 N–H and O–H groups in total. The van der Waals surface area contributed by atoms with Crippen molar-refractivity contribution in [1.29, 1.82) is 0 Å². The van der Waals surface area contributed by atoms with E-state index in [0.29, 0.717) is 24.3 Å². The van der Waals surface area contributed by atoms with Crippen molar-refractivity contribution in [3.05, 3.63) is 29.8 Å². The SMILES string of the molecule is CCN(CC)C(=O)Nc1cccc(C(N)=O)c1. The standard InChI is InChI=1S/C12H17N3O2/c1-3-15(4-2)12(17)14-10-7-5-6-9(8-10)11(13)16/h5-8H,3-4H2,1-2H3,(H2,13,16)(H,14,17). The molecule has 0 unspecified atom stereocenters. The molecule has 0 heterocycles. The number of nitrogens with two attached hydrogens (primary N) is 1. The van der Waals surface area contributed by atoms with Crippen LogP contribution in [0, 0.1) is 0 Å². The van der Waals surface area contributed by atoms with Crippen LogP contribution in [-0.4, -0.2) is 29.9 Å². The molecule has 0 aliphatic rings. The Kier molecular flexibility index (Phi) is 4.51. The third-order valence-electron chi connectivity index (χ3n) is 2.45. The molecule has 0 saturated carbocycles. The van der Waals surface area contributed by atoms with Gasteiger partial charge in [-0.2, -0.15) is 0 Å². The Bertz CT molecular complexity index is 414. The maximum atomic E-state index is 11.8. The van der Waals surface area contributed by atoms with Gasteiger partial charge in [0.1, 0.15) is 0 Å². The van der Waals surface area contributed by atoms with Crippen LogP contribution in [0.15, 0.2) is 24.3 Å². The van der Waals surface area contributed by atoms with E-state index >= 15 is 0 Å². The molecule has 0 atom stereocenters. The molecule has 17 heavy (non-hydrogen) atoms. The van der Waals surface area contributed by atoms with Crippen LogP contribution in [0.5, 0.6) is 0 Å². The highest BCUT2D eigenvalue weighted by atomic mass is 16.2. The van der Waals surface area contributed by atoms with Gasteiger partial charge < -0.3 is 16.0 Å². The lowest BCUT2D eigenvalue weighted by atomic mass is 10.2. The first-order valence-electron chi connectivity index (χ1n) is 5.54. The van der Waals surface area contributed by atoms with Crippen LogP contribution in [0.3, 0.4) is 0 Å². The first kappa shape index (κ1) is 13.0. The number of hydrogen-bond acceptors (Lipinski definition) is 2. The summed E-state index contributed by atoms with van der Waals surface area (Å²) in [5.74, 6) is -0.510. The van der Waals surface area contributed by atoms with E-state index in [1.54, 1.807) is 29.2 Å². The highest BCUT2D eigenvalue weighted by Gasteiger charge is 2.09. The number of carbonyl (C=O) groups is 2. The number of nitrogens with zero attached hydrogens (tertiary/aromatic N) is 1. The molecule has 5 heteroatoms. The zero-order chi connectivity index (χ0) is 12.8. The van der Waals surface area contributed by atoms with Gasteiger partial charge >= 0.3 is 6.03 Å². The fourth-order valence-electron chi connectivity index (χ4n) is 1.46. The van der Waals surface area contributed by atoms with Crippen molar-refractivity contribution in [2.24, 2.45) is 5.73 Å². The lowest BCUT2D eigenvalue weighted by Crippen LogP contribution is -2.34. The van der Waals surface area contributed by atoms with Crippen molar-refractivity contribution < 1.29 is 9.59 Å². The van der Waals surface area contributed by atoms with Crippen LogP contribution in [0.1, 0.15) is 24.2 Å². The average molecular weight is 235 g/mol. The predicted octanol–water partition coefficient (Wildman–Crippen LogP) is 1.66. The number of primary amides is 1. The molecule has 0 fully saturated rings. The van der Waals surface area contributed by atoms with E-state index in [0.717, 1.165) is 0 Å². The average Bonchev–Trinajstić information content (AvgIpc) is 2.30. The first-order valence-corrected chi connectivity index (χ1v) is 5.54. The van der Waals surface area contributed by atoms with E-state index < -0.39 is 5.91 Å². The summed E-state index contributed by atoms with van der Waals surface area (Å²) in [6.45, 7) is 5.08. The number of benzene rings is 1. The third kappa shape index (κ3) is 3.48. The fourth-order valence-corrected chi connectivity index (χ4v) is 1.46. The Morgan fingerprint density at radius 2 is 1.94 bits per heavy atom. The summed E-state index contributed by atoms with van der Waals surface area (Å²) in [5.41, 5.74) is 6.11. The van der Waals surface area contributed by atoms with Crippen LogP contribution >= 0.6 is 0 Å². The Balaban J connectivity index is 2.78. The van der Waals surface area contributed by atoms with Gasteiger partial charge in [-0.15, -0.1) is 0 Å². The van der Waals surface area contributed by atoms with Crippen LogP contribution in [0.25, 0.3) is 0 Å². The largest absolute Gasteiger partial charge is 0.366 e. The molecule has 0 spiro atoms. The number of anilines is 1. The smallest absolute Gasteiger partial charge is 0.321 e. The van der Waals surface area contributed by atoms with E-state index in [4.69, 9.17) is 5.73 Å². The van der Waals surface area contributed by atoms with Gasteiger partial charge in [-0.3, -0.25) is 4.79 Å². The Morgan fingerprint density at radius 3 is 2.47 bits per heavy atom. The predicted molar refractivity (Wildman–Crippen MR) is 66.9 cm³/mol. The highest BCUT2D eigenvalue weighted by molar-refractivity contribution is 5.95. The van der Waals surface area contributed by atoms with Crippen LogP contribution in [0.4, 0.5) is 10.5 Å². The van der Waals surface area contributed by atoms with E-state index in [2.05, 4.69) is 5.32 Å². The maximum Gasteiger partial charge on any atom is 0.321 e. The summed E-state index contributed by atoms with van der Waals surface area (Å²) >= 11 is 0. The van der Waals surface area contributed by atoms with Crippen molar-refractivity contribution in [1.82, 2.24) is 4.90 Å². The topological polar surface area (TPSA) is 75.4 Å². The molecule has 0 aliphatic carbocycles. The third-order valence-corrected chi connectivity index (χ3v) is 2.45. The van der Waals surface area contributed by atoms with Gasteiger partial charge in [-0.25, -0.2) is 4.79 Å². The summed E-state index contributed by atoms with van der Waals surface area (Å²) < 4.78 is 0. The Labute approximate surface area is 101 Å². The zero-order valence-corrected chi connectivity index (χ0v) is 10.1. The molecule has 1 rings (SSSR count). The molecule has 3 amide bonds. The van der Waals surface area contributed by atoms with Gasteiger partial charge in [0.2, 0.25) is 5.91 Å². The number of amides is 3. The van der Waals surface area contributed by atoms with E-state index in [1.807, 2.05) is 13.8 Å². The van der Waals surface area contributed by atoms with E-state index in [1.165, 1.54) is 0 Å². The van der Waals surface area contributed by atoms with Gasteiger partial charge in [0.15, 0.2) is 0 Å². The van der Waals surface area contributed by atoms with Crippen LogP contribution < -0.4 is 11.1 Å². The quantitative estimate of drug-likeness (QED) is 0.832. The highest BCUT2D eigenvalue weighted by Crippen LogP contribution is 2.11. The first-order chi connectivity index (χ1) is 8.08. The lowest BCUT2D eigenvalue weighted by Gasteiger charge is -2.19. The molecule has 0 aliphatic heterocycles. The zero-order valence-electron chi connectivity index (χ0n) is 10.1. The van der Waals surface area contributed by atoms with Crippen molar-refractivity contribution in [3.63, 3.8) is 0 Å². The van der Waals surface area contributed by atoms with Gasteiger partial charge in [0.05, 0.1) is 0 Å². The monoisotopic (exact) mass is 235 g/mol. The summed E-state index contributed by atoms with van der Waals surface area (Å²) in [6.07, 6.45) is 0. The minimum atomic E-state index is -0.510. The molecule has 0 bridgehead atoms. The fraction of sp³-hybridized carbons (Fsp3) is 0.333. The molecular formula is C12H17N3O2. The van der Waals surface area contributed by atoms with Crippen molar-refractivity contribution in [2.45, 2.75) is 13.8 Å². The minimum absolute atomic E-state index is 0.184. The van der Waals surface area contributed by atoms with Crippen molar-refractivity contribution in [3.8, 4) is 0 Å². The second-order valence-electron chi connectivity index (χ2n) is 3.55. The number of carbonyl (C=O) groups excluding carboxylic acids is 2. The number of hydrogen-bond donors (Lipinski definition) is 2. The molecular weight excluding hydrogens is 218 g/mol. The second kappa shape index (κ2) is 5.89. The summed E-state index contributed by atoms with van der Waals surface area (Å²) in [6, 6.07) is 6.38. The van der Waals surface area contributed by atoms with Gasteiger partial charge in [-0.1, -0.05) is 6.07 Å². The number of rotatable bonds is 4. The summed E-state index contributed by atoms with van der Waals surface area (Å²) in [7, 11) is 0. The second-order valence-corrected chi connectivity index (χ2v) is 3.55. The number of urea groups is 1. The Hall–Kier alpha value is -2.04. The van der Waals surface area contributed by atoms with E-state index in [-0.39, 0.29) is 6.03 Å². The van der Waals surface area contributed by atoms with Gasteiger partial charge in [0.25, 0.3) is 0 Å². The Morgan fingerprint density at radius 1 is 1.29 bits per heavy atom. The van der Waals surface area contributed by atoms with Crippen LogP contribution in [-0.2, 0) is 0 Å². The molecule has 0 radical (unpaired) electrons. The molecule has 1 aromatic rings. The van der Waals surface area contributed by atoms with Crippen LogP contribution in [0.2, 0.25) is 0 Å². The summed E-state index contributed by atoms with van der Waals surface area (Å²) in [4.78, 5) is 24.4. The lowest BCUT2D eigenvalue weighted by molar-refractivity contribution is 0.1000. The normalized spacial score (nSPS) is 9.76. The van der Waals surface area contributed by atoms with E-state index in [9.17, 15) is 9.59 Å². The van der Waals surface area contributed by atoms with Gasteiger partial charge in [0, 0.05) is 24.3 Å². The molecule has 5 nitrogen and oxygen atoms in total. The van der Waals surface area contributed by atoms with Crippen molar-refractivity contribution >= 4 is 17.6 Å². The van der Waals surface area contributed by atoms with Gasteiger partial charge in [-0.05, 0) is 32.0 Å². The van der Waals surface area contributed by atoms with Crippen molar-refractivity contribution in [2.75, 3.05) is 18.4 Å². The molecule has 92 valence electrons. The summed E-state index contributed by atoms with van der Waals surface area (Å²) in [5, 5.41) is 2.72. The minimum Gasteiger partial charge on any atom is -0.366 e. The maximum absolute atomic E-state index is 11.8. The molecule has 0 aromatic heterocycles. The molecule has 0 saturated heterocycles.